The van der Waals surface area contributed by atoms with E-state index in [1.54, 1.807) is 0 Å². The molecule has 0 amide bonds. The maximum atomic E-state index is 12.9. The van der Waals surface area contributed by atoms with Gasteiger partial charge in [0.05, 0.1) is 27.7 Å². The lowest BCUT2D eigenvalue weighted by Crippen LogP contribution is -2.37. The Balaban J connectivity index is 4.07. The Morgan fingerprint density at radius 3 is 0.833 bits per heavy atom. The van der Waals surface area contributed by atoms with Crippen molar-refractivity contribution in [2.24, 2.45) is 0 Å². The van der Waals surface area contributed by atoms with Crippen LogP contribution in [0.1, 0.15) is 335 Å². The van der Waals surface area contributed by atoms with Crippen molar-refractivity contribution in [1.29, 1.82) is 0 Å². The Kier molecular flexibility index (Phi) is 76.4. The summed E-state index contributed by atoms with van der Waals surface area (Å²) in [5.41, 5.74) is 0. The van der Waals surface area contributed by atoms with Gasteiger partial charge in [-0.05, 0) is 141 Å². The average Bonchev–Trinajstić information content (AvgIpc) is 0.916. The van der Waals surface area contributed by atoms with Gasteiger partial charge in [0.25, 0.3) is 7.82 Å². The third-order valence-corrected chi connectivity index (χ3v) is 18.4. The lowest BCUT2D eigenvalue weighted by Gasteiger charge is -2.28. The van der Waals surface area contributed by atoms with E-state index in [0.29, 0.717) is 17.4 Å². The van der Waals surface area contributed by atoms with Crippen molar-refractivity contribution in [2.45, 2.75) is 341 Å². The number of rotatable bonds is 75. The number of carbonyl (C=O) groups is 2. The largest absolute Gasteiger partial charge is 0.756 e. The molecule has 0 N–H and O–H groups in total. The first kappa shape index (κ1) is 97.1. The van der Waals surface area contributed by atoms with E-state index < -0.39 is 32.5 Å². The smallest absolute Gasteiger partial charge is 0.306 e. The molecule has 2 atom stereocenters. The second-order valence-electron chi connectivity index (χ2n) is 28.4. The molecule has 0 aromatic carbocycles. The predicted molar refractivity (Wildman–Crippen MR) is 443 cm³/mol. The molecular formula is C92H154NO8P. The molecule has 0 aliphatic rings. The van der Waals surface area contributed by atoms with E-state index in [1.165, 1.54) is 167 Å². The van der Waals surface area contributed by atoms with E-state index in [-0.39, 0.29) is 26.1 Å². The van der Waals surface area contributed by atoms with Crippen LogP contribution in [-0.2, 0) is 32.7 Å². The molecule has 0 aliphatic carbocycles. The van der Waals surface area contributed by atoms with E-state index >= 15 is 0 Å². The van der Waals surface area contributed by atoms with Crippen LogP contribution in [0.3, 0.4) is 0 Å². The highest BCUT2D eigenvalue weighted by Gasteiger charge is 2.22. The number of phosphoric acid groups is 1. The molecule has 0 aromatic heterocycles. The summed E-state index contributed by atoms with van der Waals surface area (Å²) in [5.74, 6) is -0.863. The van der Waals surface area contributed by atoms with Gasteiger partial charge in [0.2, 0.25) is 0 Å². The first-order valence-corrected chi connectivity index (χ1v) is 43.0. The van der Waals surface area contributed by atoms with E-state index in [4.69, 9.17) is 18.5 Å². The van der Waals surface area contributed by atoms with Crippen LogP contribution in [0, 0.1) is 0 Å². The Bertz CT molecular complexity index is 2390. The van der Waals surface area contributed by atoms with Crippen LogP contribution in [0.4, 0.5) is 0 Å². The number of ether oxygens (including phenoxy) is 2. The zero-order valence-electron chi connectivity index (χ0n) is 66.2. The van der Waals surface area contributed by atoms with Crippen LogP contribution in [0.25, 0.3) is 0 Å². The van der Waals surface area contributed by atoms with Crippen LogP contribution in [-0.4, -0.2) is 70.0 Å². The highest BCUT2D eigenvalue weighted by Crippen LogP contribution is 2.38. The number of quaternary nitrogens is 1. The number of allylic oxidation sites excluding steroid dienone is 30. The molecule has 0 spiro atoms. The molecule has 9 nitrogen and oxygen atoms in total. The Morgan fingerprint density at radius 1 is 0.314 bits per heavy atom. The second kappa shape index (κ2) is 80.2. The minimum Gasteiger partial charge on any atom is -0.756 e. The molecule has 0 bridgehead atoms. The topological polar surface area (TPSA) is 111 Å². The van der Waals surface area contributed by atoms with Gasteiger partial charge in [0.1, 0.15) is 19.8 Å². The average molecular weight is 1430 g/mol. The first-order chi connectivity index (χ1) is 50.0. The van der Waals surface area contributed by atoms with Crippen molar-refractivity contribution in [1.82, 2.24) is 0 Å². The lowest BCUT2D eigenvalue weighted by atomic mass is 10.0. The fraction of sp³-hybridized carbons (Fsp3) is 0.652. The molecule has 0 rings (SSSR count). The third kappa shape index (κ3) is 84.1. The van der Waals surface area contributed by atoms with Crippen LogP contribution < -0.4 is 4.89 Å². The van der Waals surface area contributed by atoms with Crippen molar-refractivity contribution in [2.75, 3.05) is 47.5 Å². The summed E-state index contributed by atoms with van der Waals surface area (Å²) in [5, 5.41) is 0. The molecule has 102 heavy (non-hydrogen) atoms. The number of hydrogen-bond donors (Lipinski definition) is 0. The fourth-order valence-corrected chi connectivity index (χ4v) is 11.8. The fourth-order valence-electron chi connectivity index (χ4n) is 11.1. The maximum absolute atomic E-state index is 12.9. The van der Waals surface area contributed by atoms with Crippen LogP contribution >= 0.6 is 7.82 Å². The molecule has 0 fully saturated rings. The summed E-state index contributed by atoms with van der Waals surface area (Å²) in [6, 6.07) is 0. The van der Waals surface area contributed by atoms with Gasteiger partial charge in [-0.15, -0.1) is 0 Å². The zero-order chi connectivity index (χ0) is 74.0. The molecule has 0 saturated carbocycles. The van der Waals surface area contributed by atoms with E-state index in [0.717, 1.165) is 135 Å². The number of carbonyl (C=O) groups excluding carboxylic acids is 2. The van der Waals surface area contributed by atoms with E-state index in [2.05, 4.69) is 196 Å². The molecule has 0 aliphatic heterocycles. The minimum atomic E-state index is -4.67. The van der Waals surface area contributed by atoms with Crippen molar-refractivity contribution >= 4 is 19.8 Å². The van der Waals surface area contributed by atoms with Crippen LogP contribution in [0.15, 0.2) is 182 Å². The van der Waals surface area contributed by atoms with Gasteiger partial charge in [0.15, 0.2) is 6.10 Å². The summed E-state index contributed by atoms with van der Waals surface area (Å²) in [7, 11) is 1.14. The predicted octanol–water partition coefficient (Wildman–Crippen LogP) is 27.5. The van der Waals surface area contributed by atoms with Crippen molar-refractivity contribution in [3.8, 4) is 0 Å². The maximum Gasteiger partial charge on any atom is 0.306 e. The van der Waals surface area contributed by atoms with Gasteiger partial charge in [-0.25, -0.2) is 0 Å². The number of unbranched alkanes of at least 4 members (excludes halogenated alkanes) is 31. The van der Waals surface area contributed by atoms with Gasteiger partial charge >= 0.3 is 11.9 Å². The molecule has 10 heteroatoms. The Morgan fingerprint density at radius 2 is 0.559 bits per heavy atom. The number of phosphoric ester groups is 1. The SMILES string of the molecule is CC/C=C\C/C=C\C/C=C\C/C=C\C/C=C\C/C=C\C/C=C\C/C=C\C/C=C\C/C=C\C/C=C\C/C=C\CCCCCCC(=O)OC(COC(=O)CCCCCCCCCCCCCCCCCCCCCCCC/C=C\C/C=C\C/C=C\CCCCCCC)COP(=O)([O-])OCC[N+](C)(C)C. The molecule has 0 saturated heterocycles. The molecule has 580 valence electrons. The van der Waals surface area contributed by atoms with Crippen molar-refractivity contribution in [3.63, 3.8) is 0 Å². The zero-order valence-corrected chi connectivity index (χ0v) is 67.1. The summed E-state index contributed by atoms with van der Waals surface area (Å²) < 4.78 is 34.4. The standard InChI is InChI=1S/C92H154NO8P/c1-6-8-10-12-14-16-18-20-22-24-26-28-30-32-34-36-38-40-42-44-45-46-47-49-51-53-55-57-59-61-63-65-67-69-71-73-75-77-79-81-83-85-92(95)101-90(89-100-102(96,97)99-87-86-93(3,4)5)88-98-91(94)84-82-80-78-76-74-72-70-68-66-64-62-60-58-56-54-52-50-48-43-41-39-37-35-33-31-29-27-25-23-21-19-17-15-13-11-9-7-2/h8,10,14,16,19-22,25-28,31-34,38,40,44-45,47,49,53,55,59,61,65,67,71,73,90H,6-7,9,11-13,15,17-18,23-24,29-30,35-37,39,41-43,46,48,50-52,54,56-58,60,62-64,66,68-70,72,74-89H2,1-5H3/b10-8-,16-14-,21-19-,22-20-,27-25-,28-26-,33-31-,34-32-,40-38-,45-44-,49-47-,55-53-,61-59-,67-65-,73-71-. The van der Waals surface area contributed by atoms with Gasteiger partial charge in [-0.1, -0.05) is 363 Å². The quantitative estimate of drug-likeness (QED) is 0.0195. The normalized spacial score (nSPS) is 14.0. The van der Waals surface area contributed by atoms with Crippen molar-refractivity contribution < 1.29 is 42.1 Å². The summed E-state index contributed by atoms with van der Waals surface area (Å²) in [6.45, 7) is 4.09. The van der Waals surface area contributed by atoms with E-state index in [1.807, 2.05) is 21.1 Å². The lowest BCUT2D eigenvalue weighted by molar-refractivity contribution is -0.870. The molecule has 2 unspecified atom stereocenters. The van der Waals surface area contributed by atoms with Gasteiger partial charge in [0, 0.05) is 12.8 Å². The van der Waals surface area contributed by atoms with Gasteiger partial charge in [-0.2, -0.15) is 0 Å². The highest BCUT2D eigenvalue weighted by molar-refractivity contribution is 7.45. The van der Waals surface area contributed by atoms with E-state index in [9.17, 15) is 19.0 Å². The van der Waals surface area contributed by atoms with Crippen LogP contribution in [0.2, 0.25) is 0 Å². The number of likely N-dealkylation sites (N-methyl/N-ethyl adjacent to an activating group) is 1. The first-order valence-electron chi connectivity index (χ1n) is 41.5. The number of hydrogen-bond acceptors (Lipinski definition) is 8. The van der Waals surface area contributed by atoms with Gasteiger partial charge < -0.3 is 27.9 Å². The third-order valence-electron chi connectivity index (χ3n) is 17.4. The Labute approximate surface area is 629 Å². The molecule has 0 radical (unpaired) electrons. The molecule has 0 heterocycles. The number of nitrogens with zero attached hydrogens (tertiary/aromatic N) is 1. The summed E-state index contributed by atoms with van der Waals surface area (Å²) in [6.07, 6.45) is 123. The monoisotopic (exact) mass is 1430 g/mol. The summed E-state index contributed by atoms with van der Waals surface area (Å²) in [4.78, 5) is 38.2. The van der Waals surface area contributed by atoms with Crippen LogP contribution in [0.5, 0.6) is 0 Å². The summed E-state index contributed by atoms with van der Waals surface area (Å²) >= 11 is 0. The highest BCUT2D eigenvalue weighted by atomic mass is 31.2. The minimum absolute atomic E-state index is 0.0437. The second-order valence-corrected chi connectivity index (χ2v) is 29.8. The molecular weight excluding hydrogens is 1280 g/mol. The Hall–Kier alpha value is -4.89. The van der Waals surface area contributed by atoms with Gasteiger partial charge in [-0.3, -0.25) is 14.2 Å². The van der Waals surface area contributed by atoms with Crippen molar-refractivity contribution in [3.05, 3.63) is 182 Å². The molecule has 0 aromatic rings. The number of esters is 2.